The van der Waals surface area contributed by atoms with E-state index in [4.69, 9.17) is 4.74 Å². The van der Waals surface area contributed by atoms with Gasteiger partial charge in [0.05, 0.1) is 28.8 Å². The zero-order chi connectivity index (χ0) is 25.2. The van der Waals surface area contributed by atoms with Crippen LogP contribution in [0.4, 0.5) is 4.39 Å². The molecule has 4 rings (SSSR count). The summed E-state index contributed by atoms with van der Waals surface area (Å²) < 4.78 is 48.3. The minimum atomic E-state index is -4.12. The van der Waals surface area contributed by atoms with Crippen LogP contribution in [0.2, 0.25) is 0 Å². The summed E-state index contributed by atoms with van der Waals surface area (Å²) in [6, 6.07) is 20.4. The summed E-state index contributed by atoms with van der Waals surface area (Å²) in [4.78, 5) is 12.9. The van der Waals surface area contributed by atoms with Gasteiger partial charge in [0.25, 0.3) is 10.0 Å². The predicted molar refractivity (Wildman–Crippen MR) is 133 cm³/mol. The standard InChI is InChI=1S/C28H26FNO4S/c1-4-34-28(31)20(3)27-25(21-12-14-23(29)15-13-21)18-26(22-8-6-5-7-9-22)30(27)35(32,33)24-16-10-19(2)11-17-24/h5-18,25,27H,3-4H2,1-2H3/t25-,27-/m1/s1. The zero-order valence-corrected chi connectivity index (χ0v) is 20.3. The number of carbonyl (C=O) groups is 1. The van der Waals surface area contributed by atoms with E-state index in [-0.39, 0.29) is 17.1 Å². The van der Waals surface area contributed by atoms with Crippen molar-refractivity contribution >= 4 is 21.7 Å². The molecule has 0 saturated carbocycles. The molecule has 0 amide bonds. The Hall–Kier alpha value is -3.71. The van der Waals surface area contributed by atoms with Crippen LogP contribution < -0.4 is 0 Å². The highest BCUT2D eigenvalue weighted by Crippen LogP contribution is 2.45. The first-order valence-electron chi connectivity index (χ1n) is 11.2. The van der Waals surface area contributed by atoms with Gasteiger partial charge in [0.2, 0.25) is 0 Å². The number of rotatable bonds is 7. The highest BCUT2D eigenvalue weighted by molar-refractivity contribution is 7.89. The molecule has 0 saturated heterocycles. The van der Waals surface area contributed by atoms with Gasteiger partial charge in [-0.1, -0.05) is 66.7 Å². The molecule has 3 aromatic rings. The van der Waals surface area contributed by atoms with Gasteiger partial charge >= 0.3 is 5.97 Å². The summed E-state index contributed by atoms with van der Waals surface area (Å²) in [6.45, 7) is 7.63. The molecule has 0 aromatic heterocycles. The van der Waals surface area contributed by atoms with Crippen molar-refractivity contribution in [2.75, 3.05) is 6.61 Å². The summed E-state index contributed by atoms with van der Waals surface area (Å²) in [5, 5.41) is 0. The first kappa shape index (κ1) is 24.4. The Morgan fingerprint density at radius 2 is 1.63 bits per heavy atom. The van der Waals surface area contributed by atoms with E-state index in [1.807, 2.05) is 25.1 Å². The molecule has 180 valence electrons. The SMILES string of the molecule is C=C(C(=O)OCC)[C@@H]1[C@@H](c2ccc(F)cc2)C=C(c2ccccc2)N1S(=O)(=O)c1ccc(C)cc1. The summed E-state index contributed by atoms with van der Waals surface area (Å²) in [7, 11) is -4.12. The zero-order valence-electron chi connectivity index (χ0n) is 19.5. The van der Waals surface area contributed by atoms with Crippen molar-refractivity contribution in [3.63, 3.8) is 0 Å². The largest absolute Gasteiger partial charge is 0.463 e. The Kier molecular flexibility index (Phi) is 6.89. The van der Waals surface area contributed by atoms with Gasteiger partial charge in [-0.05, 0) is 55.3 Å². The fourth-order valence-electron chi connectivity index (χ4n) is 4.23. The summed E-state index contributed by atoms with van der Waals surface area (Å²) in [5.41, 5.74) is 2.64. The van der Waals surface area contributed by atoms with Gasteiger partial charge in [-0.2, -0.15) is 0 Å². The number of hydrogen-bond donors (Lipinski definition) is 0. The highest BCUT2D eigenvalue weighted by atomic mass is 32.2. The third-order valence-corrected chi connectivity index (χ3v) is 7.77. The van der Waals surface area contributed by atoms with Crippen molar-refractivity contribution in [2.45, 2.75) is 30.7 Å². The molecule has 0 aliphatic carbocycles. The molecule has 2 atom stereocenters. The predicted octanol–water partition coefficient (Wildman–Crippen LogP) is 5.45. The van der Waals surface area contributed by atoms with Crippen molar-refractivity contribution in [1.29, 1.82) is 0 Å². The van der Waals surface area contributed by atoms with Crippen LogP contribution in [0.25, 0.3) is 5.70 Å². The van der Waals surface area contributed by atoms with Crippen LogP contribution in [0.5, 0.6) is 0 Å². The van der Waals surface area contributed by atoms with Crippen molar-refractivity contribution in [3.8, 4) is 0 Å². The second-order valence-electron chi connectivity index (χ2n) is 8.30. The normalized spacial score (nSPS) is 17.7. The van der Waals surface area contributed by atoms with E-state index in [1.165, 1.54) is 16.4 Å². The van der Waals surface area contributed by atoms with Gasteiger partial charge in [-0.25, -0.2) is 17.6 Å². The Balaban J connectivity index is 1.94. The van der Waals surface area contributed by atoms with Gasteiger partial charge in [0.1, 0.15) is 5.82 Å². The lowest BCUT2D eigenvalue weighted by molar-refractivity contribution is -0.139. The van der Waals surface area contributed by atoms with Crippen LogP contribution in [-0.4, -0.2) is 31.3 Å². The first-order chi connectivity index (χ1) is 16.7. The van der Waals surface area contributed by atoms with E-state index in [9.17, 15) is 17.6 Å². The molecule has 0 bridgehead atoms. The topological polar surface area (TPSA) is 63.7 Å². The number of hydrogen-bond acceptors (Lipinski definition) is 4. The maximum atomic E-state index is 14.1. The van der Waals surface area contributed by atoms with Crippen LogP contribution >= 0.6 is 0 Å². The minimum absolute atomic E-state index is 0.000886. The average molecular weight is 492 g/mol. The lowest BCUT2D eigenvalue weighted by Gasteiger charge is -2.32. The van der Waals surface area contributed by atoms with Crippen LogP contribution in [0, 0.1) is 12.7 Å². The van der Waals surface area contributed by atoms with Gasteiger partial charge in [-0.3, -0.25) is 4.31 Å². The molecule has 35 heavy (non-hydrogen) atoms. The smallest absolute Gasteiger partial charge is 0.335 e. The average Bonchev–Trinajstić information content (AvgIpc) is 3.26. The third kappa shape index (κ3) is 4.77. The summed E-state index contributed by atoms with van der Waals surface area (Å²) in [6.07, 6.45) is 1.80. The first-order valence-corrected chi connectivity index (χ1v) is 12.7. The number of esters is 1. The van der Waals surface area contributed by atoms with E-state index in [1.54, 1.807) is 61.5 Å². The van der Waals surface area contributed by atoms with Crippen LogP contribution in [0.1, 0.15) is 29.5 Å². The second kappa shape index (κ2) is 9.88. The molecule has 0 spiro atoms. The van der Waals surface area contributed by atoms with Crippen LogP contribution in [0.15, 0.2) is 102 Å². The third-order valence-electron chi connectivity index (χ3n) is 5.96. The van der Waals surface area contributed by atoms with Crippen molar-refractivity contribution in [3.05, 3.63) is 120 Å². The van der Waals surface area contributed by atoms with Gasteiger partial charge in [0, 0.05) is 5.92 Å². The van der Waals surface area contributed by atoms with Gasteiger partial charge in [0.15, 0.2) is 0 Å². The molecule has 3 aromatic carbocycles. The van der Waals surface area contributed by atoms with E-state index in [0.717, 1.165) is 5.56 Å². The Labute approximate surface area is 205 Å². The van der Waals surface area contributed by atoms with Crippen molar-refractivity contribution in [1.82, 2.24) is 4.31 Å². The molecular weight excluding hydrogens is 465 g/mol. The summed E-state index contributed by atoms with van der Waals surface area (Å²) in [5.74, 6) is -1.69. The number of ether oxygens (including phenoxy) is 1. The van der Waals surface area contributed by atoms with E-state index in [2.05, 4.69) is 6.58 Å². The molecule has 5 nitrogen and oxygen atoms in total. The van der Waals surface area contributed by atoms with Crippen molar-refractivity contribution in [2.24, 2.45) is 0 Å². The van der Waals surface area contributed by atoms with E-state index >= 15 is 0 Å². The maximum Gasteiger partial charge on any atom is 0.335 e. The fourth-order valence-corrected chi connectivity index (χ4v) is 5.92. The molecule has 7 heteroatoms. The lowest BCUT2D eigenvalue weighted by Crippen LogP contribution is -2.41. The number of halogens is 1. The van der Waals surface area contributed by atoms with Gasteiger partial charge in [-0.15, -0.1) is 0 Å². The number of sulfonamides is 1. The Bertz CT molecular complexity index is 1360. The highest BCUT2D eigenvalue weighted by Gasteiger charge is 2.46. The molecule has 0 radical (unpaired) electrons. The Morgan fingerprint density at radius 1 is 1.00 bits per heavy atom. The van der Waals surface area contributed by atoms with E-state index < -0.39 is 33.8 Å². The minimum Gasteiger partial charge on any atom is -0.463 e. The van der Waals surface area contributed by atoms with E-state index in [0.29, 0.717) is 16.8 Å². The fraction of sp³-hybridized carbons (Fsp3) is 0.179. The molecule has 0 unspecified atom stereocenters. The second-order valence-corrected chi connectivity index (χ2v) is 10.1. The van der Waals surface area contributed by atoms with Crippen LogP contribution in [0.3, 0.4) is 0 Å². The molecule has 1 heterocycles. The monoisotopic (exact) mass is 491 g/mol. The lowest BCUT2D eigenvalue weighted by atomic mass is 9.89. The molecule has 1 aliphatic heterocycles. The molecule has 0 N–H and O–H groups in total. The maximum absolute atomic E-state index is 14.1. The molecular formula is C28H26FNO4S. The number of nitrogens with zero attached hydrogens (tertiary/aromatic N) is 1. The number of carbonyl (C=O) groups excluding carboxylic acids is 1. The molecule has 1 aliphatic rings. The molecule has 0 fully saturated rings. The Morgan fingerprint density at radius 3 is 2.23 bits per heavy atom. The quantitative estimate of drug-likeness (QED) is 0.326. The van der Waals surface area contributed by atoms with Crippen LogP contribution in [-0.2, 0) is 19.6 Å². The van der Waals surface area contributed by atoms with Crippen molar-refractivity contribution < 1.29 is 22.3 Å². The van der Waals surface area contributed by atoms with Gasteiger partial charge < -0.3 is 4.74 Å². The number of benzene rings is 3. The number of aryl methyl sites for hydroxylation is 1. The summed E-state index contributed by atoms with van der Waals surface area (Å²) >= 11 is 0.